The number of nitrogens with one attached hydrogen (secondary N) is 2. The fourth-order valence-corrected chi connectivity index (χ4v) is 5.51. The van der Waals surface area contributed by atoms with Crippen molar-refractivity contribution in [1.29, 1.82) is 0 Å². The Morgan fingerprint density at radius 3 is 2.73 bits per heavy atom. The molecule has 4 rings (SSSR count). The zero-order valence-electron chi connectivity index (χ0n) is 16.0. The Labute approximate surface area is 182 Å². The maximum Gasteiger partial charge on any atom is 0.348 e. The average Bonchev–Trinajstić information content (AvgIpc) is 3.31. The third-order valence-corrected chi connectivity index (χ3v) is 7.38. The van der Waals surface area contributed by atoms with Crippen molar-refractivity contribution in [2.45, 2.75) is 35.4 Å². The molecule has 2 N–H and O–H groups in total. The van der Waals surface area contributed by atoms with Gasteiger partial charge in [0.2, 0.25) is 5.13 Å². The first-order chi connectivity index (χ1) is 14.5. The summed E-state index contributed by atoms with van der Waals surface area (Å²) < 4.78 is 10.2. The van der Waals surface area contributed by atoms with Gasteiger partial charge in [0, 0.05) is 11.6 Å². The van der Waals surface area contributed by atoms with Crippen LogP contribution in [0.1, 0.15) is 33.9 Å². The minimum absolute atomic E-state index is 0.167. The molecular formula is C17H17N5O5S3. The van der Waals surface area contributed by atoms with Crippen LogP contribution in [0.15, 0.2) is 9.13 Å². The Balaban J connectivity index is 1.59. The lowest BCUT2D eigenvalue weighted by atomic mass is 10.1. The monoisotopic (exact) mass is 467 g/mol. The minimum atomic E-state index is -0.628. The third-order valence-electron chi connectivity index (χ3n) is 4.27. The quantitative estimate of drug-likeness (QED) is 0.375. The van der Waals surface area contributed by atoms with E-state index in [0.717, 1.165) is 33.6 Å². The van der Waals surface area contributed by atoms with Crippen molar-refractivity contribution in [2.24, 2.45) is 0 Å². The third kappa shape index (κ3) is 4.47. The van der Waals surface area contributed by atoms with Gasteiger partial charge in [0.15, 0.2) is 4.34 Å². The largest absolute Gasteiger partial charge is 0.469 e. The van der Waals surface area contributed by atoms with Gasteiger partial charge in [0.25, 0.3) is 5.56 Å². The van der Waals surface area contributed by atoms with Crippen molar-refractivity contribution in [3.05, 3.63) is 26.6 Å². The fraction of sp³-hybridized carbons (Fsp3) is 0.412. The molecule has 1 fully saturated rings. The van der Waals surface area contributed by atoms with Crippen molar-refractivity contribution in [1.82, 2.24) is 20.2 Å². The lowest BCUT2D eigenvalue weighted by Gasteiger charge is -2.02. The molecule has 0 atom stereocenters. The molecule has 0 radical (unpaired) electrons. The van der Waals surface area contributed by atoms with Crippen LogP contribution in [0.4, 0.5) is 5.13 Å². The summed E-state index contributed by atoms with van der Waals surface area (Å²) in [5.74, 6) is -0.379. The van der Waals surface area contributed by atoms with E-state index in [1.165, 1.54) is 37.3 Å². The molecule has 1 aliphatic carbocycles. The van der Waals surface area contributed by atoms with Gasteiger partial charge in [-0.05, 0) is 12.8 Å². The number of carbonyl (C=O) groups is 2. The van der Waals surface area contributed by atoms with Crippen molar-refractivity contribution in [2.75, 3.05) is 19.5 Å². The summed E-state index contributed by atoms with van der Waals surface area (Å²) in [7, 11) is 2.48. The maximum atomic E-state index is 12.7. The summed E-state index contributed by atoms with van der Waals surface area (Å²) in [6, 6.07) is 0.498. The van der Waals surface area contributed by atoms with Gasteiger partial charge in [0.1, 0.15) is 15.5 Å². The van der Waals surface area contributed by atoms with Crippen LogP contribution in [0.5, 0.6) is 0 Å². The summed E-state index contributed by atoms with van der Waals surface area (Å²) in [4.78, 5) is 44.4. The molecule has 3 aromatic rings. The fourth-order valence-electron chi connectivity index (χ4n) is 2.68. The molecule has 13 heteroatoms. The van der Waals surface area contributed by atoms with Gasteiger partial charge >= 0.3 is 11.9 Å². The predicted octanol–water partition coefficient (Wildman–Crippen LogP) is 2.20. The van der Waals surface area contributed by atoms with Crippen molar-refractivity contribution >= 4 is 61.7 Å². The topological polar surface area (TPSA) is 136 Å². The molecule has 0 saturated heterocycles. The number of rotatable bonds is 8. The molecule has 0 aliphatic heterocycles. The summed E-state index contributed by atoms with van der Waals surface area (Å²) in [5, 5.41) is 12.5. The lowest BCUT2D eigenvalue weighted by molar-refractivity contribution is -0.139. The second-order valence-electron chi connectivity index (χ2n) is 6.43. The number of methoxy groups -OCH3 is 2. The van der Waals surface area contributed by atoms with Gasteiger partial charge in [-0.1, -0.05) is 23.1 Å². The first-order valence-corrected chi connectivity index (χ1v) is 11.5. The summed E-state index contributed by atoms with van der Waals surface area (Å²) in [6.07, 6.45) is 2.08. The van der Waals surface area contributed by atoms with Gasteiger partial charge in [-0.2, -0.15) is 0 Å². The smallest absolute Gasteiger partial charge is 0.348 e. The average molecular weight is 468 g/mol. The Bertz CT molecular complexity index is 1170. The number of hydrogen-bond acceptors (Lipinski definition) is 12. The first-order valence-electron chi connectivity index (χ1n) is 8.91. The van der Waals surface area contributed by atoms with Crippen LogP contribution in [0.2, 0.25) is 0 Å². The molecule has 0 aromatic carbocycles. The van der Waals surface area contributed by atoms with Crippen LogP contribution in [0.25, 0.3) is 10.2 Å². The van der Waals surface area contributed by atoms with Crippen LogP contribution in [-0.2, 0) is 26.4 Å². The Morgan fingerprint density at radius 2 is 2.03 bits per heavy atom. The van der Waals surface area contributed by atoms with E-state index >= 15 is 0 Å². The van der Waals surface area contributed by atoms with Gasteiger partial charge in [-0.3, -0.25) is 9.59 Å². The van der Waals surface area contributed by atoms with E-state index in [4.69, 9.17) is 4.74 Å². The molecule has 0 unspecified atom stereocenters. The molecule has 3 aromatic heterocycles. The number of aromatic amines is 1. The molecule has 0 spiro atoms. The Morgan fingerprint density at radius 1 is 1.23 bits per heavy atom. The van der Waals surface area contributed by atoms with E-state index < -0.39 is 17.5 Å². The maximum absolute atomic E-state index is 12.7. The van der Waals surface area contributed by atoms with E-state index in [2.05, 4.69) is 30.2 Å². The summed E-state index contributed by atoms with van der Waals surface area (Å²) in [6.45, 7) is 0. The number of carbonyl (C=O) groups excluding carboxylic acids is 2. The lowest BCUT2D eigenvalue weighted by Crippen LogP contribution is -2.15. The van der Waals surface area contributed by atoms with Gasteiger partial charge < -0.3 is 19.8 Å². The van der Waals surface area contributed by atoms with E-state index in [1.54, 1.807) is 0 Å². The van der Waals surface area contributed by atoms with Crippen molar-refractivity contribution in [3.63, 3.8) is 0 Å². The normalized spacial score (nSPS) is 13.4. The summed E-state index contributed by atoms with van der Waals surface area (Å²) in [5.41, 5.74) is -0.157. The van der Waals surface area contributed by atoms with Crippen LogP contribution < -0.4 is 10.9 Å². The van der Waals surface area contributed by atoms with Crippen molar-refractivity contribution < 1.29 is 19.1 Å². The Kier molecular flexibility index (Phi) is 6.01. The standard InChI is InChI=1S/C17H17N5O5S3/c1-26-10(23)5-8-11-13(24)19-9(20-14(11)29-12(8)15(25)27-2)6-28-17-22-21-16(30-17)18-7-3-4-7/h7H,3-6H2,1-2H3,(H,18,21)(H,19,20,24). The molecular weight excluding hydrogens is 450 g/mol. The number of thioether (sulfide) groups is 1. The molecule has 0 amide bonds. The number of hydrogen-bond donors (Lipinski definition) is 2. The van der Waals surface area contributed by atoms with E-state index in [-0.39, 0.29) is 22.2 Å². The van der Waals surface area contributed by atoms with Crippen LogP contribution in [0, 0.1) is 0 Å². The number of esters is 2. The Hall–Kier alpha value is -2.51. The van der Waals surface area contributed by atoms with E-state index in [9.17, 15) is 14.4 Å². The number of thiophene rings is 1. The minimum Gasteiger partial charge on any atom is -0.469 e. The van der Waals surface area contributed by atoms with E-state index in [0.29, 0.717) is 22.4 Å². The van der Waals surface area contributed by atoms with Gasteiger partial charge in [0.05, 0.1) is 31.8 Å². The zero-order valence-corrected chi connectivity index (χ0v) is 18.5. The zero-order chi connectivity index (χ0) is 21.3. The number of ether oxygens (including phenoxy) is 2. The van der Waals surface area contributed by atoms with Crippen LogP contribution in [-0.4, -0.2) is 52.4 Å². The van der Waals surface area contributed by atoms with Crippen LogP contribution >= 0.6 is 34.4 Å². The molecule has 1 aliphatic rings. The highest BCUT2D eigenvalue weighted by Crippen LogP contribution is 2.32. The highest BCUT2D eigenvalue weighted by molar-refractivity contribution is 8.00. The second kappa shape index (κ2) is 8.70. The summed E-state index contributed by atoms with van der Waals surface area (Å²) >= 11 is 3.88. The predicted molar refractivity (Wildman–Crippen MR) is 113 cm³/mol. The second-order valence-corrected chi connectivity index (χ2v) is 9.63. The van der Waals surface area contributed by atoms with Gasteiger partial charge in [-0.25, -0.2) is 9.78 Å². The SMILES string of the molecule is COC(=O)Cc1c(C(=O)OC)sc2nc(CSc3nnc(NC4CC4)s3)[nH]c(=O)c12. The molecule has 10 nitrogen and oxygen atoms in total. The highest BCUT2D eigenvalue weighted by atomic mass is 32.2. The first kappa shape index (κ1) is 20.8. The number of nitrogens with zero attached hydrogens (tertiary/aromatic N) is 3. The van der Waals surface area contributed by atoms with E-state index in [1.807, 2.05) is 0 Å². The molecule has 3 heterocycles. The number of H-pyrrole nitrogens is 1. The van der Waals surface area contributed by atoms with Gasteiger partial charge in [-0.15, -0.1) is 21.5 Å². The van der Waals surface area contributed by atoms with Crippen molar-refractivity contribution in [3.8, 4) is 0 Å². The number of aromatic nitrogens is 4. The number of anilines is 1. The molecule has 1 saturated carbocycles. The van der Waals surface area contributed by atoms with Crippen LogP contribution in [0.3, 0.4) is 0 Å². The molecule has 30 heavy (non-hydrogen) atoms. The number of fused-ring (bicyclic) bond motifs is 1. The molecule has 158 valence electrons. The highest BCUT2D eigenvalue weighted by Gasteiger charge is 2.25. The molecule has 0 bridgehead atoms.